The fraction of sp³-hybridized carbons (Fsp3) is 0.353. The molecule has 2 aromatic rings. The van der Waals surface area contributed by atoms with E-state index in [2.05, 4.69) is 10.6 Å². The number of rotatable bonds is 6. The van der Waals surface area contributed by atoms with Crippen LogP contribution in [0.5, 0.6) is 0 Å². The Morgan fingerprint density at radius 2 is 1.96 bits per heavy atom. The molecule has 0 saturated heterocycles. The number of urea groups is 1. The number of hydrogen-bond donors (Lipinski definition) is 2. The van der Waals surface area contributed by atoms with Gasteiger partial charge >= 0.3 is 6.03 Å². The van der Waals surface area contributed by atoms with Gasteiger partial charge < -0.3 is 15.1 Å². The molecule has 0 spiro atoms. The highest BCUT2D eigenvalue weighted by molar-refractivity contribution is 6.30. The summed E-state index contributed by atoms with van der Waals surface area (Å²) in [5.74, 6) is 0.820. The monoisotopic (exact) mass is 335 g/mol. The molecule has 23 heavy (non-hydrogen) atoms. The third-order valence-corrected chi connectivity index (χ3v) is 3.92. The molecular formula is C17H22ClN3O2. The van der Waals surface area contributed by atoms with E-state index in [1.54, 1.807) is 6.26 Å². The molecule has 1 heterocycles. The second-order valence-electron chi connectivity index (χ2n) is 5.62. The molecule has 0 aliphatic carbocycles. The molecule has 2 rings (SSSR count). The van der Waals surface area contributed by atoms with Crippen molar-refractivity contribution < 1.29 is 9.21 Å². The average Bonchev–Trinajstić information content (AvgIpc) is 3.01. The third kappa shape index (κ3) is 5.01. The lowest BCUT2D eigenvalue weighted by atomic mass is 10.1. The van der Waals surface area contributed by atoms with Crippen LogP contribution < -0.4 is 10.6 Å². The second kappa shape index (κ2) is 8.04. The molecule has 124 valence electrons. The van der Waals surface area contributed by atoms with E-state index in [0.717, 1.165) is 11.3 Å². The molecule has 0 aliphatic rings. The second-order valence-corrected chi connectivity index (χ2v) is 6.06. The summed E-state index contributed by atoms with van der Waals surface area (Å²) in [4.78, 5) is 14.1. The van der Waals surface area contributed by atoms with E-state index < -0.39 is 0 Å². The van der Waals surface area contributed by atoms with Crippen LogP contribution in [0.3, 0.4) is 0 Å². The number of nitrogens with zero attached hydrogens (tertiary/aromatic N) is 1. The Labute approximate surface area is 141 Å². The van der Waals surface area contributed by atoms with Gasteiger partial charge in [-0.3, -0.25) is 4.90 Å². The third-order valence-electron chi connectivity index (χ3n) is 3.67. The summed E-state index contributed by atoms with van der Waals surface area (Å²) in [6.07, 6.45) is 1.63. The Balaban J connectivity index is 1.87. The van der Waals surface area contributed by atoms with Crippen LogP contribution in [-0.4, -0.2) is 31.6 Å². The molecule has 2 atom stereocenters. The van der Waals surface area contributed by atoms with Crippen LogP contribution in [0.25, 0.3) is 0 Å². The first-order valence-corrected chi connectivity index (χ1v) is 7.85. The number of halogens is 1. The van der Waals surface area contributed by atoms with Gasteiger partial charge in [0.05, 0.1) is 18.3 Å². The van der Waals surface area contributed by atoms with Crippen LogP contribution >= 0.6 is 11.6 Å². The topological polar surface area (TPSA) is 57.5 Å². The minimum Gasteiger partial charge on any atom is -0.468 e. The van der Waals surface area contributed by atoms with Crippen molar-refractivity contribution in [3.8, 4) is 0 Å². The first-order chi connectivity index (χ1) is 11.0. The van der Waals surface area contributed by atoms with Crippen LogP contribution in [0.15, 0.2) is 47.1 Å². The van der Waals surface area contributed by atoms with Gasteiger partial charge in [-0.2, -0.15) is 0 Å². The van der Waals surface area contributed by atoms with Crippen LogP contribution in [0.1, 0.15) is 30.3 Å². The zero-order chi connectivity index (χ0) is 16.8. The van der Waals surface area contributed by atoms with Crippen molar-refractivity contribution in [1.29, 1.82) is 0 Å². The van der Waals surface area contributed by atoms with Gasteiger partial charge in [0.15, 0.2) is 0 Å². The fourth-order valence-electron chi connectivity index (χ4n) is 2.29. The van der Waals surface area contributed by atoms with E-state index in [1.165, 1.54) is 0 Å². The summed E-state index contributed by atoms with van der Waals surface area (Å²) < 4.78 is 5.42. The number of nitrogens with one attached hydrogen (secondary N) is 2. The van der Waals surface area contributed by atoms with Crippen molar-refractivity contribution >= 4 is 17.6 Å². The van der Waals surface area contributed by atoms with Crippen LogP contribution in [0.4, 0.5) is 4.79 Å². The average molecular weight is 336 g/mol. The van der Waals surface area contributed by atoms with Crippen molar-refractivity contribution in [1.82, 2.24) is 15.5 Å². The molecule has 0 saturated carbocycles. The van der Waals surface area contributed by atoms with Gasteiger partial charge in [0.1, 0.15) is 5.76 Å². The number of furan rings is 1. The fourth-order valence-corrected chi connectivity index (χ4v) is 2.42. The van der Waals surface area contributed by atoms with Crippen molar-refractivity contribution in [2.24, 2.45) is 0 Å². The molecule has 0 fully saturated rings. The molecule has 1 aromatic heterocycles. The predicted octanol–water partition coefficient (Wildman–Crippen LogP) is 3.60. The maximum atomic E-state index is 12.1. The summed E-state index contributed by atoms with van der Waals surface area (Å²) in [6.45, 7) is 2.39. The SMILES string of the molecule is CC(NC(=O)NCC(c1ccco1)N(C)C)c1ccc(Cl)cc1. The van der Waals surface area contributed by atoms with Gasteiger partial charge in [-0.05, 0) is 50.8 Å². The number of amides is 2. The van der Waals surface area contributed by atoms with E-state index in [9.17, 15) is 4.79 Å². The summed E-state index contributed by atoms with van der Waals surface area (Å²) in [5, 5.41) is 6.48. The maximum Gasteiger partial charge on any atom is 0.315 e. The van der Waals surface area contributed by atoms with Gasteiger partial charge in [0, 0.05) is 11.6 Å². The summed E-state index contributed by atoms with van der Waals surface area (Å²) in [6, 6.07) is 10.8. The first kappa shape index (κ1) is 17.4. The summed E-state index contributed by atoms with van der Waals surface area (Å²) >= 11 is 5.87. The Hall–Kier alpha value is -1.98. The molecule has 2 N–H and O–H groups in total. The minimum absolute atomic E-state index is 0.0124. The molecule has 2 unspecified atom stereocenters. The number of carbonyl (C=O) groups is 1. The van der Waals surface area contributed by atoms with E-state index in [4.69, 9.17) is 16.0 Å². The molecule has 6 heteroatoms. The lowest BCUT2D eigenvalue weighted by molar-refractivity contribution is 0.223. The lowest BCUT2D eigenvalue weighted by Crippen LogP contribution is -2.41. The lowest BCUT2D eigenvalue weighted by Gasteiger charge is -2.23. The van der Waals surface area contributed by atoms with Crippen molar-refractivity contribution in [3.05, 3.63) is 59.0 Å². The smallest absolute Gasteiger partial charge is 0.315 e. The standard InChI is InChI=1S/C17H22ClN3O2/c1-12(13-6-8-14(18)9-7-13)20-17(22)19-11-15(21(2)3)16-5-4-10-23-16/h4-10,12,15H,11H2,1-3H3,(H2,19,20,22). The zero-order valence-electron chi connectivity index (χ0n) is 13.5. The van der Waals surface area contributed by atoms with E-state index in [1.807, 2.05) is 62.3 Å². The van der Waals surface area contributed by atoms with Gasteiger partial charge in [-0.15, -0.1) is 0 Å². The van der Waals surface area contributed by atoms with Crippen molar-refractivity contribution in [3.63, 3.8) is 0 Å². The quantitative estimate of drug-likeness (QED) is 0.848. The predicted molar refractivity (Wildman–Crippen MR) is 91.5 cm³/mol. The van der Waals surface area contributed by atoms with Gasteiger partial charge in [-0.25, -0.2) is 4.79 Å². The molecular weight excluding hydrogens is 314 g/mol. The van der Waals surface area contributed by atoms with Gasteiger partial charge in [0.25, 0.3) is 0 Å². The largest absolute Gasteiger partial charge is 0.468 e. The van der Waals surface area contributed by atoms with E-state index in [0.29, 0.717) is 11.6 Å². The Morgan fingerprint density at radius 3 is 2.52 bits per heavy atom. The highest BCUT2D eigenvalue weighted by Gasteiger charge is 2.18. The Kier molecular flexibility index (Phi) is 6.07. The Bertz CT molecular complexity index is 611. The summed E-state index contributed by atoms with van der Waals surface area (Å²) in [7, 11) is 3.90. The molecule has 1 aromatic carbocycles. The zero-order valence-corrected chi connectivity index (χ0v) is 14.3. The molecule has 0 bridgehead atoms. The normalized spacial score (nSPS) is 13.6. The molecule has 5 nitrogen and oxygen atoms in total. The maximum absolute atomic E-state index is 12.1. The number of benzene rings is 1. The van der Waals surface area contributed by atoms with Crippen LogP contribution in [0, 0.1) is 0 Å². The molecule has 0 radical (unpaired) electrons. The van der Waals surface area contributed by atoms with Crippen LogP contribution in [-0.2, 0) is 0 Å². The van der Waals surface area contributed by atoms with E-state index >= 15 is 0 Å². The summed E-state index contributed by atoms with van der Waals surface area (Å²) in [5.41, 5.74) is 1.000. The number of likely N-dealkylation sites (N-methyl/N-ethyl adjacent to an activating group) is 1. The van der Waals surface area contributed by atoms with Gasteiger partial charge in [-0.1, -0.05) is 23.7 Å². The first-order valence-electron chi connectivity index (χ1n) is 7.47. The van der Waals surface area contributed by atoms with Crippen LogP contribution in [0.2, 0.25) is 5.02 Å². The molecule has 2 amide bonds. The highest BCUT2D eigenvalue weighted by atomic mass is 35.5. The van der Waals surface area contributed by atoms with Crippen molar-refractivity contribution in [2.75, 3.05) is 20.6 Å². The highest BCUT2D eigenvalue weighted by Crippen LogP contribution is 2.18. The van der Waals surface area contributed by atoms with E-state index in [-0.39, 0.29) is 18.1 Å². The van der Waals surface area contributed by atoms with Gasteiger partial charge in [0.2, 0.25) is 0 Å². The van der Waals surface area contributed by atoms with Crippen molar-refractivity contribution in [2.45, 2.75) is 19.0 Å². The number of carbonyl (C=O) groups excluding carboxylic acids is 1. The number of hydrogen-bond acceptors (Lipinski definition) is 3. The molecule has 0 aliphatic heterocycles. The Morgan fingerprint density at radius 1 is 1.26 bits per heavy atom. The minimum atomic E-state index is -0.217.